The molecule has 6 nitrogen and oxygen atoms in total. The number of hydrogen-bond acceptors (Lipinski definition) is 5. The number of benzene rings is 3. The van der Waals surface area contributed by atoms with Gasteiger partial charge in [-0.2, -0.15) is 0 Å². The molecule has 5 aromatic heterocycles. The third kappa shape index (κ3) is 3.33. The molecule has 1 unspecified atom stereocenters. The number of hydrogen-bond donors (Lipinski definition) is 2. The lowest BCUT2D eigenvalue weighted by molar-refractivity contribution is 0.512. The summed E-state index contributed by atoms with van der Waals surface area (Å²) in [5.74, 6) is 0.690. The van der Waals surface area contributed by atoms with Crippen LogP contribution < -0.4 is 0 Å². The lowest BCUT2D eigenvalue weighted by Crippen LogP contribution is -2.14. The van der Waals surface area contributed by atoms with E-state index in [2.05, 4.69) is 76.7 Å². The van der Waals surface area contributed by atoms with E-state index in [0.717, 1.165) is 68.6 Å². The smallest absolute Gasteiger partial charge is 0.159 e. The van der Waals surface area contributed by atoms with Crippen molar-refractivity contribution in [1.29, 1.82) is 0 Å². The van der Waals surface area contributed by atoms with Gasteiger partial charge in [0.2, 0.25) is 0 Å². The number of para-hydroxylation sites is 3. The molecule has 8 heteroatoms. The highest BCUT2D eigenvalue weighted by molar-refractivity contribution is 8.52. The highest BCUT2D eigenvalue weighted by Gasteiger charge is 2.51. The molecule has 42 heavy (non-hydrogen) atoms. The molecule has 0 amide bonds. The van der Waals surface area contributed by atoms with Crippen LogP contribution in [0.5, 0.6) is 0 Å². The van der Waals surface area contributed by atoms with Gasteiger partial charge < -0.3 is 18.8 Å². The lowest BCUT2D eigenvalue weighted by atomic mass is 10.3. The number of furan rings is 2. The van der Waals surface area contributed by atoms with E-state index in [1.807, 2.05) is 48.7 Å². The second kappa shape index (κ2) is 8.97. The number of aliphatic imine (C=N–C) groups is 1. The third-order valence-electron chi connectivity index (χ3n) is 7.64. The van der Waals surface area contributed by atoms with Crippen LogP contribution in [0.2, 0.25) is 0 Å². The molecule has 0 aliphatic carbocycles. The Balaban J connectivity index is 1.48. The molecule has 0 fully saturated rings. The monoisotopic (exact) mass is 582 g/mol. The summed E-state index contributed by atoms with van der Waals surface area (Å²) in [5, 5.41) is 5.79. The molecule has 0 saturated carbocycles. The van der Waals surface area contributed by atoms with Gasteiger partial charge in [0, 0.05) is 22.5 Å². The topological polar surface area (TPSA) is 83.1 Å². The van der Waals surface area contributed by atoms with Crippen LogP contribution in [-0.4, -0.2) is 20.0 Å². The molecular formula is C34H22N4O2S2. The van der Waals surface area contributed by atoms with E-state index in [-0.39, 0.29) is 0 Å². The van der Waals surface area contributed by atoms with Crippen LogP contribution >= 0.6 is 21.4 Å². The minimum Gasteiger partial charge on any atom is -0.463 e. The first-order valence-corrected chi connectivity index (χ1v) is 16.0. The standard InChI is InChI=1S/C34H22N4O2S2/c1-3-11-23-21(9-1)19-29(36-23)42(30-20-22-10-2-5-14-26(22)40-30)32(33-37-24-12-4-6-16-28(24)41-33)31(27-15-8-18-39-27)38-34(42)25-13-7-17-35-25/h1-20,35-36H. The molecule has 0 spiro atoms. The first-order valence-electron chi connectivity index (χ1n) is 13.6. The van der Waals surface area contributed by atoms with Crippen molar-refractivity contribution in [3.63, 3.8) is 0 Å². The molecule has 8 aromatic rings. The molecule has 9 rings (SSSR count). The van der Waals surface area contributed by atoms with Crippen LogP contribution in [0.15, 0.2) is 146 Å². The van der Waals surface area contributed by atoms with Gasteiger partial charge in [-0.25, -0.2) is 9.98 Å². The normalized spacial score (nSPS) is 18.7. The van der Waals surface area contributed by atoms with Crippen molar-refractivity contribution in [2.24, 2.45) is 4.99 Å². The molecule has 0 saturated heterocycles. The van der Waals surface area contributed by atoms with Crippen LogP contribution in [0, 0.1) is 0 Å². The molecular weight excluding hydrogens is 561 g/mol. The Labute approximate surface area is 245 Å². The van der Waals surface area contributed by atoms with Crippen LogP contribution in [0.25, 0.3) is 42.7 Å². The number of rotatable bonds is 5. The van der Waals surface area contributed by atoms with E-state index in [4.69, 9.17) is 18.8 Å². The second-order valence-electron chi connectivity index (χ2n) is 10.1. The van der Waals surface area contributed by atoms with Gasteiger partial charge in [0.15, 0.2) is 10.9 Å². The van der Waals surface area contributed by atoms with Crippen molar-refractivity contribution in [2.75, 3.05) is 0 Å². The molecule has 202 valence electrons. The summed E-state index contributed by atoms with van der Waals surface area (Å²) in [6.07, 6.45) is 3.63. The predicted octanol–water partition coefficient (Wildman–Crippen LogP) is 9.65. The van der Waals surface area contributed by atoms with Crippen molar-refractivity contribution in [3.8, 4) is 0 Å². The molecule has 1 aliphatic heterocycles. The molecule has 3 aromatic carbocycles. The summed E-state index contributed by atoms with van der Waals surface area (Å²) in [6.45, 7) is 0. The Bertz CT molecular complexity index is 2140. The van der Waals surface area contributed by atoms with E-state index in [1.165, 1.54) is 0 Å². The summed E-state index contributed by atoms with van der Waals surface area (Å²) < 4.78 is 14.0. The first kappa shape index (κ1) is 23.6. The van der Waals surface area contributed by atoms with Gasteiger partial charge in [0.05, 0.1) is 32.1 Å². The van der Waals surface area contributed by atoms with E-state index >= 15 is 0 Å². The number of aromatic nitrogens is 3. The average molecular weight is 583 g/mol. The SMILES string of the molecule is c1c[nH]c(C2=NC(c3ccco3)=C(c3nc4ccccc4s3)S2(c2cc3ccccc3[nH]2)c2cc3ccccc3o2)c1. The quantitative estimate of drug-likeness (QED) is 0.212. The highest BCUT2D eigenvalue weighted by atomic mass is 32.3. The third-order valence-corrected chi connectivity index (χ3v) is 12.4. The summed E-state index contributed by atoms with van der Waals surface area (Å²) in [5.41, 5.74) is 4.52. The molecule has 6 heterocycles. The van der Waals surface area contributed by atoms with E-state index < -0.39 is 10.0 Å². The van der Waals surface area contributed by atoms with Crippen molar-refractivity contribution < 1.29 is 8.83 Å². The number of aromatic amines is 2. The number of nitrogens with zero attached hydrogens (tertiary/aromatic N) is 2. The van der Waals surface area contributed by atoms with Gasteiger partial charge >= 0.3 is 0 Å². The lowest BCUT2D eigenvalue weighted by Gasteiger charge is -2.35. The van der Waals surface area contributed by atoms with E-state index in [1.54, 1.807) is 17.6 Å². The number of fused-ring (bicyclic) bond motifs is 3. The summed E-state index contributed by atoms with van der Waals surface area (Å²) in [6, 6.07) is 37.2. The number of H-pyrrole nitrogens is 2. The summed E-state index contributed by atoms with van der Waals surface area (Å²) in [4.78, 5) is 18.9. The van der Waals surface area contributed by atoms with Gasteiger partial charge in [0.1, 0.15) is 21.3 Å². The van der Waals surface area contributed by atoms with Crippen molar-refractivity contribution in [3.05, 3.63) is 138 Å². The fraction of sp³-hybridized carbons (Fsp3) is 0. The van der Waals surface area contributed by atoms with Crippen LogP contribution in [0.3, 0.4) is 0 Å². The minimum atomic E-state index is -2.36. The van der Waals surface area contributed by atoms with Crippen molar-refractivity contribution in [2.45, 2.75) is 10.1 Å². The number of nitrogens with one attached hydrogen (secondary N) is 2. The zero-order valence-electron chi connectivity index (χ0n) is 22.1. The Hall–Kier alpha value is -5.05. The first-order chi connectivity index (χ1) is 20.8. The van der Waals surface area contributed by atoms with Gasteiger partial charge in [-0.05, 0) is 60.7 Å². The Morgan fingerprint density at radius 3 is 2.45 bits per heavy atom. The largest absolute Gasteiger partial charge is 0.463 e. The predicted molar refractivity (Wildman–Crippen MR) is 171 cm³/mol. The fourth-order valence-corrected chi connectivity index (χ4v) is 10.9. The minimum absolute atomic E-state index is 0.690. The van der Waals surface area contributed by atoms with Crippen LogP contribution in [0.4, 0.5) is 0 Å². The summed E-state index contributed by atoms with van der Waals surface area (Å²) in [7, 11) is -2.36. The van der Waals surface area contributed by atoms with Crippen LogP contribution in [0.1, 0.15) is 16.5 Å². The molecule has 1 aliphatic rings. The second-order valence-corrected chi connectivity index (χ2v) is 14.0. The maximum Gasteiger partial charge on any atom is 0.159 e. The van der Waals surface area contributed by atoms with Crippen molar-refractivity contribution in [1.82, 2.24) is 15.0 Å². The average Bonchev–Trinajstić information content (AvgIpc) is 3.86. The van der Waals surface area contributed by atoms with E-state index in [0.29, 0.717) is 5.76 Å². The molecule has 0 radical (unpaired) electrons. The van der Waals surface area contributed by atoms with E-state index in [9.17, 15) is 0 Å². The summed E-state index contributed by atoms with van der Waals surface area (Å²) >= 11 is 1.67. The zero-order chi connectivity index (χ0) is 27.7. The zero-order valence-corrected chi connectivity index (χ0v) is 23.7. The van der Waals surface area contributed by atoms with Gasteiger partial charge in [-0.15, -0.1) is 11.3 Å². The Morgan fingerprint density at radius 1 is 0.786 bits per heavy atom. The number of thiazole rings is 1. The van der Waals surface area contributed by atoms with Crippen LogP contribution in [-0.2, 0) is 0 Å². The van der Waals surface area contributed by atoms with Gasteiger partial charge in [-0.1, -0.05) is 58.6 Å². The van der Waals surface area contributed by atoms with Gasteiger partial charge in [-0.3, -0.25) is 0 Å². The van der Waals surface area contributed by atoms with Crippen molar-refractivity contribution >= 4 is 69.1 Å². The van der Waals surface area contributed by atoms with Gasteiger partial charge in [0.25, 0.3) is 0 Å². The molecule has 2 N–H and O–H groups in total. The fourth-order valence-electron chi connectivity index (χ4n) is 5.77. The maximum absolute atomic E-state index is 6.86. The highest BCUT2D eigenvalue weighted by Crippen LogP contribution is 2.77. The maximum atomic E-state index is 6.86. The molecule has 1 atom stereocenters. The Kier molecular flexibility index (Phi) is 5.05. The molecule has 0 bridgehead atoms. The Morgan fingerprint density at radius 2 is 1.64 bits per heavy atom.